The fraction of sp³-hybridized carbons (Fsp3) is 0.234. The molecule has 0 atom stereocenters. The summed E-state index contributed by atoms with van der Waals surface area (Å²) in [6.45, 7) is 21.8. The molecular weight excluding hydrogens is 833 g/mol. The monoisotopic (exact) mass is 877 g/mol. The van der Waals surface area contributed by atoms with Crippen LogP contribution in [0.2, 0.25) is 0 Å². The average Bonchev–Trinajstić information content (AvgIpc) is 3.60. The number of benzene rings is 4. The Labute approximate surface area is 325 Å². The molecular formula is C47H44IrN2OS-2. The first-order valence-corrected chi connectivity index (χ1v) is 18.4. The Morgan fingerprint density at radius 1 is 0.692 bits per heavy atom. The minimum atomic E-state index is -0.0523. The molecule has 8 rings (SSSR count). The van der Waals surface area contributed by atoms with E-state index in [1.165, 1.54) is 65.0 Å². The van der Waals surface area contributed by atoms with Crippen LogP contribution in [0.15, 0.2) is 89.6 Å². The number of furan rings is 1. The van der Waals surface area contributed by atoms with Gasteiger partial charge in [-0.05, 0) is 109 Å². The Morgan fingerprint density at radius 3 is 2.10 bits per heavy atom. The van der Waals surface area contributed by atoms with Gasteiger partial charge in [-0.3, -0.25) is 0 Å². The van der Waals surface area contributed by atoms with Gasteiger partial charge in [0, 0.05) is 53.0 Å². The molecule has 4 aromatic heterocycles. The van der Waals surface area contributed by atoms with Crippen LogP contribution in [-0.2, 0) is 25.5 Å². The third kappa shape index (κ3) is 7.03. The standard InChI is InChI=1S/C33H30NOS.C14H14N.Ir/c1-18-10-8-11-19(2)31(18)26-17-34-28(15-27(26)33(5,6)7)23-13-9-12-22-25-14-24-20(3)21(4)36-30(24)16-29(25)35-32(22)23;1-10-4-6-13(7-5-10)14-8-11(2)12(3)9-15-14;/h8-12,14-17H,1-7H3;4-6,8-9H,1-3H3;/q2*-1;. The zero-order valence-electron chi connectivity index (χ0n) is 31.6. The molecule has 0 saturated heterocycles. The summed E-state index contributed by atoms with van der Waals surface area (Å²) < 4.78 is 7.78. The van der Waals surface area contributed by atoms with Crippen molar-refractivity contribution < 1.29 is 24.5 Å². The Balaban J connectivity index is 0.000000244. The smallest absolute Gasteiger partial charge is 0.122 e. The fourth-order valence-corrected chi connectivity index (χ4v) is 7.93. The minimum Gasteiger partial charge on any atom is -0.501 e. The number of nitrogens with zero attached hydrogens (tertiary/aromatic N) is 2. The quantitative estimate of drug-likeness (QED) is 0.166. The third-order valence-electron chi connectivity index (χ3n) is 10.1. The van der Waals surface area contributed by atoms with Gasteiger partial charge < -0.3 is 14.4 Å². The molecule has 0 spiro atoms. The molecule has 1 radical (unpaired) electrons. The first-order chi connectivity index (χ1) is 24.3. The predicted octanol–water partition coefficient (Wildman–Crippen LogP) is 13.3. The normalized spacial score (nSPS) is 11.5. The van der Waals surface area contributed by atoms with E-state index in [0.717, 1.165) is 44.5 Å². The van der Waals surface area contributed by atoms with Gasteiger partial charge in [0.25, 0.3) is 0 Å². The van der Waals surface area contributed by atoms with E-state index in [9.17, 15) is 0 Å². The van der Waals surface area contributed by atoms with Crippen molar-refractivity contribution in [1.29, 1.82) is 0 Å². The third-order valence-corrected chi connectivity index (χ3v) is 11.2. The van der Waals surface area contributed by atoms with Gasteiger partial charge in [-0.1, -0.05) is 74.5 Å². The summed E-state index contributed by atoms with van der Waals surface area (Å²) in [5, 5.41) is 3.58. The molecule has 52 heavy (non-hydrogen) atoms. The Morgan fingerprint density at radius 2 is 1.42 bits per heavy atom. The minimum absolute atomic E-state index is 0. The van der Waals surface area contributed by atoms with Crippen LogP contribution in [0.25, 0.3) is 65.7 Å². The maximum absolute atomic E-state index is 6.51. The van der Waals surface area contributed by atoms with Crippen molar-refractivity contribution in [2.24, 2.45) is 0 Å². The van der Waals surface area contributed by atoms with Gasteiger partial charge in [-0.15, -0.1) is 64.9 Å². The van der Waals surface area contributed by atoms with Crippen LogP contribution in [0, 0.1) is 60.6 Å². The Kier molecular flexibility index (Phi) is 10.4. The summed E-state index contributed by atoms with van der Waals surface area (Å²) in [6, 6.07) is 32.3. The number of thiophene rings is 1. The van der Waals surface area contributed by atoms with Crippen molar-refractivity contribution in [2.45, 2.75) is 74.7 Å². The predicted molar refractivity (Wildman–Crippen MR) is 217 cm³/mol. The summed E-state index contributed by atoms with van der Waals surface area (Å²) in [5.74, 6) is 0. The van der Waals surface area contributed by atoms with Gasteiger partial charge in [-0.2, -0.15) is 0 Å². The summed E-state index contributed by atoms with van der Waals surface area (Å²) in [7, 11) is 0. The van der Waals surface area contributed by atoms with Crippen molar-refractivity contribution in [3.63, 3.8) is 0 Å². The van der Waals surface area contributed by atoms with Crippen molar-refractivity contribution in [2.75, 3.05) is 0 Å². The summed E-state index contributed by atoms with van der Waals surface area (Å²) >= 11 is 1.83. The maximum atomic E-state index is 6.51. The van der Waals surface area contributed by atoms with E-state index >= 15 is 0 Å². The molecule has 0 fully saturated rings. The van der Waals surface area contributed by atoms with Crippen molar-refractivity contribution in [1.82, 2.24) is 9.97 Å². The van der Waals surface area contributed by atoms with Crippen LogP contribution < -0.4 is 0 Å². The first kappa shape index (κ1) is 37.3. The van der Waals surface area contributed by atoms with Gasteiger partial charge in [-0.25, -0.2) is 0 Å². The van der Waals surface area contributed by atoms with Crippen LogP contribution in [0.3, 0.4) is 0 Å². The van der Waals surface area contributed by atoms with Gasteiger partial charge >= 0.3 is 0 Å². The molecule has 0 bridgehead atoms. The van der Waals surface area contributed by atoms with E-state index in [1.54, 1.807) is 0 Å². The number of rotatable bonds is 3. The number of aromatic nitrogens is 2. The SMILES string of the molecule is Cc1c[c-]c(-c2cc(C)c(C)cn2)cc1.Cc1cccc(C)c1-c1cnc(-c2[c-]ccc3c2oc2cc4sc(C)c(C)c4cc23)cc1C(C)(C)C.[Ir]. The molecule has 0 amide bonds. The van der Waals surface area contributed by atoms with Crippen LogP contribution in [0.5, 0.6) is 0 Å². The zero-order valence-corrected chi connectivity index (χ0v) is 34.8. The number of hydrogen-bond acceptors (Lipinski definition) is 4. The summed E-state index contributed by atoms with van der Waals surface area (Å²) in [5.41, 5.74) is 17.0. The first-order valence-electron chi connectivity index (χ1n) is 17.6. The second-order valence-electron chi connectivity index (χ2n) is 14.9. The van der Waals surface area contributed by atoms with Crippen molar-refractivity contribution in [3.8, 4) is 33.6 Å². The van der Waals surface area contributed by atoms with E-state index in [0.29, 0.717) is 0 Å². The number of hydrogen-bond donors (Lipinski definition) is 0. The van der Waals surface area contributed by atoms with Crippen molar-refractivity contribution in [3.05, 3.63) is 141 Å². The molecule has 5 heteroatoms. The van der Waals surface area contributed by atoms with Crippen LogP contribution in [0.1, 0.15) is 64.6 Å². The molecule has 0 saturated carbocycles. The summed E-state index contributed by atoms with van der Waals surface area (Å²) in [4.78, 5) is 10.8. The average molecular weight is 877 g/mol. The molecule has 0 unspecified atom stereocenters. The second-order valence-corrected chi connectivity index (χ2v) is 16.1. The van der Waals surface area contributed by atoms with Crippen molar-refractivity contribution >= 4 is 43.4 Å². The van der Waals surface area contributed by atoms with E-state index in [2.05, 4.69) is 147 Å². The Bertz CT molecular complexity index is 2560. The van der Waals surface area contributed by atoms with E-state index in [-0.39, 0.29) is 25.5 Å². The molecule has 0 aliphatic rings. The maximum Gasteiger partial charge on any atom is 0.122 e. The number of aryl methyl sites for hydroxylation is 7. The second kappa shape index (κ2) is 14.5. The van der Waals surface area contributed by atoms with Crippen LogP contribution >= 0.6 is 11.3 Å². The fourth-order valence-electron chi connectivity index (χ4n) is 6.85. The van der Waals surface area contributed by atoms with Gasteiger partial charge in [0.1, 0.15) is 5.58 Å². The molecule has 0 N–H and O–H groups in total. The Hall–Kier alpha value is -4.41. The number of fused-ring (bicyclic) bond motifs is 4. The molecule has 8 aromatic rings. The van der Waals surface area contributed by atoms with Gasteiger partial charge in [0.05, 0.1) is 5.58 Å². The molecule has 265 valence electrons. The molecule has 4 aromatic carbocycles. The summed E-state index contributed by atoms with van der Waals surface area (Å²) in [6.07, 6.45) is 3.96. The van der Waals surface area contributed by atoms with Gasteiger partial charge in [0.15, 0.2) is 0 Å². The van der Waals surface area contributed by atoms with E-state index in [1.807, 2.05) is 35.9 Å². The topological polar surface area (TPSA) is 38.9 Å². The molecule has 4 heterocycles. The van der Waals surface area contributed by atoms with Crippen LogP contribution in [0.4, 0.5) is 0 Å². The molecule has 0 aliphatic carbocycles. The largest absolute Gasteiger partial charge is 0.501 e. The van der Waals surface area contributed by atoms with Crippen LogP contribution in [-0.4, -0.2) is 9.97 Å². The molecule has 0 aliphatic heterocycles. The van der Waals surface area contributed by atoms with E-state index in [4.69, 9.17) is 9.40 Å². The van der Waals surface area contributed by atoms with E-state index < -0.39 is 0 Å². The zero-order chi connectivity index (χ0) is 36.2. The van der Waals surface area contributed by atoms with Gasteiger partial charge in [0.2, 0.25) is 0 Å². The molecule has 3 nitrogen and oxygen atoms in total. The number of pyridine rings is 2.